The van der Waals surface area contributed by atoms with E-state index in [1.54, 1.807) is 0 Å². The van der Waals surface area contributed by atoms with Gasteiger partial charge in [0.2, 0.25) is 0 Å². The molecule has 15 heavy (non-hydrogen) atoms. The van der Waals surface area contributed by atoms with E-state index in [1.165, 1.54) is 5.56 Å². The lowest BCUT2D eigenvalue weighted by Crippen LogP contribution is -2.36. The minimum absolute atomic E-state index is 0.0243. The second-order valence-corrected chi connectivity index (χ2v) is 3.85. The molecule has 0 spiro atoms. The van der Waals surface area contributed by atoms with Crippen LogP contribution in [0, 0.1) is 11.3 Å². The molecule has 0 radical (unpaired) electrons. The van der Waals surface area contributed by atoms with Crippen molar-refractivity contribution in [3.05, 3.63) is 35.9 Å². The predicted molar refractivity (Wildman–Crippen MR) is 62.4 cm³/mol. The molecule has 0 aliphatic heterocycles. The standard InChI is InChI=1S/C13H18N2/c1-3-13(10-14)15-11(2)9-12-7-5-4-6-8-12/h4-8,11,13,15H,3,9H2,1-2H3/t11-,13-/m1/s1. The van der Waals surface area contributed by atoms with Crippen LogP contribution < -0.4 is 5.32 Å². The van der Waals surface area contributed by atoms with E-state index in [1.807, 2.05) is 25.1 Å². The maximum Gasteiger partial charge on any atom is 0.0952 e. The number of hydrogen-bond acceptors (Lipinski definition) is 2. The Morgan fingerprint density at radius 2 is 2.00 bits per heavy atom. The van der Waals surface area contributed by atoms with E-state index in [9.17, 15) is 0 Å². The number of rotatable bonds is 5. The van der Waals surface area contributed by atoms with Crippen molar-refractivity contribution >= 4 is 0 Å². The number of nitrogens with zero attached hydrogens (tertiary/aromatic N) is 1. The van der Waals surface area contributed by atoms with Crippen LogP contribution in [0.4, 0.5) is 0 Å². The van der Waals surface area contributed by atoms with Gasteiger partial charge in [-0.25, -0.2) is 0 Å². The van der Waals surface area contributed by atoms with E-state index < -0.39 is 0 Å². The normalized spacial score (nSPS) is 14.2. The topological polar surface area (TPSA) is 35.8 Å². The Kier molecular flexibility index (Phi) is 4.86. The molecular weight excluding hydrogens is 184 g/mol. The quantitative estimate of drug-likeness (QED) is 0.796. The zero-order chi connectivity index (χ0) is 11.1. The molecule has 1 N–H and O–H groups in total. The summed E-state index contributed by atoms with van der Waals surface area (Å²) in [6, 6.07) is 12.9. The smallest absolute Gasteiger partial charge is 0.0952 e. The van der Waals surface area contributed by atoms with Crippen molar-refractivity contribution in [1.29, 1.82) is 5.26 Å². The van der Waals surface area contributed by atoms with Crippen molar-refractivity contribution in [1.82, 2.24) is 5.32 Å². The van der Waals surface area contributed by atoms with Crippen LogP contribution in [-0.4, -0.2) is 12.1 Å². The van der Waals surface area contributed by atoms with Crippen LogP contribution in [0.2, 0.25) is 0 Å². The third-order valence-electron chi connectivity index (χ3n) is 2.43. The molecule has 1 aromatic rings. The molecule has 0 heterocycles. The van der Waals surface area contributed by atoms with Crippen LogP contribution in [0.1, 0.15) is 25.8 Å². The van der Waals surface area contributed by atoms with Crippen molar-refractivity contribution in [3.63, 3.8) is 0 Å². The van der Waals surface area contributed by atoms with Crippen LogP contribution >= 0.6 is 0 Å². The molecule has 0 fully saturated rings. The summed E-state index contributed by atoms with van der Waals surface area (Å²) in [6.07, 6.45) is 1.83. The summed E-state index contributed by atoms with van der Waals surface area (Å²) in [6.45, 7) is 4.14. The van der Waals surface area contributed by atoms with Crippen molar-refractivity contribution in [3.8, 4) is 6.07 Å². The maximum atomic E-state index is 8.83. The SMILES string of the molecule is CC[C@H](C#N)N[C@H](C)Cc1ccccc1. The Morgan fingerprint density at radius 1 is 1.33 bits per heavy atom. The zero-order valence-corrected chi connectivity index (χ0v) is 9.40. The first kappa shape index (κ1) is 11.7. The second kappa shape index (κ2) is 6.21. The van der Waals surface area contributed by atoms with E-state index in [-0.39, 0.29) is 6.04 Å². The largest absolute Gasteiger partial charge is 0.299 e. The summed E-state index contributed by atoms with van der Waals surface area (Å²) in [7, 11) is 0. The summed E-state index contributed by atoms with van der Waals surface area (Å²) in [5.41, 5.74) is 1.31. The van der Waals surface area contributed by atoms with Gasteiger partial charge in [-0.05, 0) is 25.3 Å². The van der Waals surface area contributed by atoms with Gasteiger partial charge in [0.05, 0.1) is 12.1 Å². The summed E-state index contributed by atoms with van der Waals surface area (Å²) >= 11 is 0. The van der Waals surface area contributed by atoms with Gasteiger partial charge in [-0.2, -0.15) is 5.26 Å². The Labute approximate surface area is 91.9 Å². The minimum atomic E-state index is -0.0243. The van der Waals surface area contributed by atoms with Gasteiger partial charge in [-0.3, -0.25) is 5.32 Å². The summed E-state index contributed by atoms with van der Waals surface area (Å²) < 4.78 is 0. The third-order valence-corrected chi connectivity index (χ3v) is 2.43. The van der Waals surface area contributed by atoms with Crippen molar-refractivity contribution in [2.45, 2.75) is 38.8 Å². The first-order valence-corrected chi connectivity index (χ1v) is 5.45. The number of benzene rings is 1. The molecule has 0 amide bonds. The molecular formula is C13H18N2. The molecule has 2 nitrogen and oxygen atoms in total. The molecule has 0 unspecified atom stereocenters. The van der Waals surface area contributed by atoms with Crippen LogP contribution in [0.25, 0.3) is 0 Å². The Hall–Kier alpha value is -1.33. The van der Waals surface area contributed by atoms with Gasteiger partial charge in [-0.15, -0.1) is 0 Å². The molecule has 1 aromatic carbocycles. The van der Waals surface area contributed by atoms with E-state index in [4.69, 9.17) is 5.26 Å². The molecule has 0 saturated carbocycles. The fourth-order valence-corrected chi connectivity index (χ4v) is 1.62. The highest BCUT2D eigenvalue weighted by Crippen LogP contribution is 2.03. The molecule has 0 aliphatic carbocycles. The fraction of sp³-hybridized carbons (Fsp3) is 0.462. The second-order valence-electron chi connectivity index (χ2n) is 3.85. The average molecular weight is 202 g/mol. The minimum Gasteiger partial charge on any atom is -0.299 e. The number of hydrogen-bond donors (Lipinski definition) is 1. The average Bonchev–Trinajstić information content (AvgIpc) is 2.27. The first-order valence-electron chi connectivity index (χ1n) is 5.45. The van der Waals surface area contributed by atoms with Crippen LogP contribution in [0.3, 0.4) is 0 Å². The molecule has 80 valence electrons. The van der Waals surface area contributed by atoms with E-state index >= 15 is 0 Å². The predicted octanol–water partition coefficient (Wildman–Crippen LogP) is 2.51. The van der Waals surface area contributed by atoms with Crippen molar-refractivity contribution < 1.29 is 0 Å². The van der Waals surface area contributed by atoms with Gasteiger partial charge in [-0.1, -0.05) is 37.3 Å². The molecule has 1 rings (SSSR count). The Morgan fingerprint density at radius 3 is 2.53 bits per heavy atom. The van der Waals surface area contributed by atoms with Gasteiger partial charge in [0.25, 0.3) is 0 Å². The van der Waals surface area contributed by atoms with Crippen LogP contribution in [0.15, 0.2) is 30.3 Å². The first-order chi connectivity index (χ1) is 7.26. The van der Waals surface area contributed by atoms with Crippen molar-refractivity contribution in [2.24, 2.45) is 0 Å². The van der Waals surface area contributed by atoms with Crippen LogP contribution in [0.5, 0.6) is 0 Å². The Bertz CT molecular complexity index is 313. The molecule has 0 bridgehead atoms. The van der Waals surface area contributed by atoms with E-state index in [0.717, 1.165) is 12.8 Å². The number of nitrogens with one attached hydrogen (secondary N) is 1. The van der Waals surface area contributed by atoms with Gasteiger partial charge in [0.15, 0.2) is 0 Å². The molecule has 0 aromatic heterocycles. The highest BCUT2D eigenvalue weighted by atomic mass is 14.9. The fourth-order valence-electron chi connectivity index (χ4n) is 1.62. The maximum absolute atomic E-state index is 8.83. The number of nitriles is 1. The molecule has 2 heteroatoms. The lowest BCUT2D eigenvalue weighted by atomic mass is 10.1. The van der Waals surface area contributed by atoms with Gasteiger partial charge >= 0.3 is 0 Å². The van der Waals surface area contributed by atoms with Crippen molar-refractivity contribution in [2.75, 3.05) is 0 Å². The highest BCUT2D eigenvalue weighted by Gasteiger charge is 2.08. The third kappa shape index (κ3) is 4.14. The zero-order valence-electron chi connectivity index (χ0n) is 9.40. The molecule has 0 aliphatic rings. The monoisotopic (exact) mass is 202 g/mol. The van der Waals surface area contributed by atoms with Gasteiger partial charge in [0.1, 0.15) is 0 Å². The van der Waals surface area contributed by atoms with Gasteiger partial charge < -0.3 is 0 Å². The lowest BCUT2D eigenvalue weighted by Gasteiger charge is -2.16. The summed E-state index contributed by atoms with van der Waals surface area (Å²) in [5.74, 6) is 0. The Balaban J connectivity index is 2.43. The lowest BCUT2D eigenvalue weighted by molar-refractivity contribution is 0.490. The van der Waals surface area contributed by atoms with E-state index in [0.29, 0.717) is 6.04 Å². The highest BCUT2D eigenvalue weighted by molar-refractivity contribution is 5.15. The van der Waals surface area contributed by atoms with Crippen LogP contribution in [-0.2, 0) is 6.42 Å². The molecule has 2 atom stereocenters. The van der Waals surface area contributed by atoms with E-state index in [2.05, 4.69) is 30.4 Å². The molecule has 0 saturated heterocycles. The summed E-state index contributed by atoms with van der Waals surface area (Å²) in [5, 5.41) is 12.1. The van der Waals surface area contributed by atoms with Gasteiger partial charge in [0, 0.05) is 6.04 Å². The summed E-state index contributed by atoms with van der Waals surface area (Å²) in [4.78, 5) is 0.